The zero-order valence-corrected chi connectivity index (χ0v) is 9.68. The van der Waals surface area contributed by atoms with Crippen LogP contribution in [0.3, 0.4) is 0 Å². The number of hydrogen-bond acceptors (Lipinski definition) is 3. The summed E-state index contributed by atoms with van der Waals surface area (Å²) < 4.78 is 5.73. The largest absolute Gasteiger partial charge is 0.457 e. The zero-order chi connectivity index (χ0) is 12.3. The molecule has 0 atom stereocenters. The zero-order valence-electron chi connectivity index (χ0n) is 9.68. The summed E-state index contributed by atoms with van der Waals surface area (Å²) in [6.45, 7) is 2.00. The summed E-state index contributed by atoms with van der Waals surface area (Å²) in [6.07, 6.45) is 0. The van der Waals surface area contributed by atoms with Crippen LogP contribution in [0, 0.1) is 6.92 Å². The molecular formula is C14H15NO2. The molecule has 0 unspecified atom stereocenters. The van der Waals surface area contributed by atoms with E-state index in [1.807, 2.05) is 49.4 Å². The number of anilines is 1. The molecule has 0 amide bonds. The minimum atomic E-state index is 0.0428. The maximum Gasteiger partial charge on any atom is 0.130 e. The lowest BCUT2D eigenvalue weighted by atomic mass is 10.2. The number of nitrogen functional groups attached to an aromatic ring is 1. The number of hydrogen-bond donors (Lipinski definition) is 2. The molecule has 3 N–H and O–H groups in total. The predicted octanol–water partition coefficient (Wildman–Crippen LogP) is 2.86. The van der Waals surface area contributed by atoms with E-state index in [0.717, 1.165) is 28.3 Å². The van der Waals surface area contributed by atoms with Gasteiger partial charge in [0.25, 0.3) is 0 Å². The van der Waals surface area contributed by atoms with Gasteiger partial charge < -0.3 is 15.6 Å². The highest BCUT2D eigenvalue weighted by molar-refractivity contribution is 5.48. The van der Waals surface area contributed by atoms with Crippen LogP contribution in [0.25, 0.3) is 0 Å². The van der Waals surface area contributed by atoms with Gasteiger partial charge in [-0.3, -0.25) is 0 Å². The molecule has 2 rings (SSSR count). The van der Waals surface area contributed by atoms with E-state index in [2.05, 4.69) is 0 Å². The van der Waals surface area contributed by atoms with E-state index in [1.165, 1.54) is 0 Å². The molecule has 3 heteroatoms. The molecule has 2 aromatic rings. The second kappa shape index (κ2) is 4.89. The molecular weight excluding hydrogens is 214 g/mol. The van der Waals surface area contributed by atoms with Crippen molar-refractivity contribution in [2.75, 3.05) is 5.73 Å². The van der Waals surface area contributed by atoms with Gasteiger partial charge in [0.15, 0.2) is 0 Å². The van der Waals surface area contributed by atoms with Crippen LogP contribution >= 0.6 is 0 Å². The van der Waals surface area contributed by atoms with Crippen LogP contribution in [0.4, 0.5) is 5.69 Å². The molecule has 0 saturated carbocycles. The molecule has 0 aliphatic heterocycles. The Morgan fingerprint density at radius 3 is 2.41 bits per heavy atom. The molecule has 0 heterocycles. The van der Waals surface area contributed by atoms with E-state index in [0.29, 0.717) is 0 Å². The van der Waals surface area contributed by atoms with Gasteiger partial charge in [0, 0.05) is 5.69 Å². The third-order valence-electron chi connectivity index (χ3n) is 2.53. The number of rotatable bonds is 3. The Morgan fingerprint density at radius 1 is 1.12 bits per heavy atom. The summed E-state index contributed by atoms with van der Waals surface area (Å²) >= 11 is 0. The fourth-order valence-corrected chi connectivity index (χ4v) is 1.58. The first-order chi connectivity index (χ1) is 8.19. The molecule has 0 fully saturated rings. The van der Waals surface area contributed by atoms with Crippen molar-refractivity contribution in [1.82, 2.24) is 0 Å². The third-order valence-corrected chi connectivity index (χ3v) is 2.53. The van der Waals surface area contributed by atoms with Crippen LogP contribution in [0.15, 0.2) is 42.5 Å². The monoisotopic (exact) mass is 229 g/mol. The fraction of sp³-hybridized carbons (Fsp3) is 0.143. The first-order valence-electron chi connectivity index (χ1n) is 5.43. The average molecular weight is 229 g/mol. The van der Waals surface area contributed by atoms with Crippen LogP contribution < -0.4 is 10.5 Å². The predicted molar refractivity (Wildman–Crippen MR) is 68.0 cm³/mol. The van der Waals surface area contributed by atoms with E-state index in [-0.39, 0.29) is 6.61 Å². The van der Waals surface area contributed by atoms with Gasteiger partial charge in [-0.05, 0) is 48.4 Å². The summed E-state index contributed by atoms with van der Waals surface area (Å²) in [5.74, 6) is 1.53. The smallest absolute Gasteiger partial charge is 0.130 e. The van der Waals surface area contributed by atoms with E-state index < -0.39 is 0 Å². The van der Waals surface area contributed by atoms with E-state index in [4.69, 9.17) is 15.6 Å². The normalized spacial score (nSPS) is 10.2. The Kier molecular flexibility index (Phi) is 3.30. The first kappa shape index (κ1) is 11.5. The van der Waals surface area contributed by atoms with Crippen molar-refractivity contribution < 1.29 is 9.84 Å². The molecule has 0 aliphatic rings. The number of nitrogens with two attached hydrogens (primary N) is 1. The Bertz CT molecular complexity index is 506. The summed E-state index contributed by atoms with van der Waals surface area (Å²) in [5, 5.41) is 8.94. The van der Waals surface area contributed by atoms with Crippen molar-refractivity contribution in [2.24, 2.45) is 0 Å². The molecule has 0 radical (unpaired) electrons. The first-order valence-corrected chi connectivity index (χ1v) is 5.43. The van der Waals surface area contributed by atoms with Gasteiger partial charge in [0.2, 0.25) is 0 Å². The van der Waals surface area contributed by atoms with Crippen LogP contribution in [0.5, 0.6) is 11.5 Å². The molecule has 17 heavy (non-hydrogen) atoms. The highest BCUT2D eigenvalue weighted by Gasteiger charge is 2.01. The highest BCUT2D eigenvalue weighted by atomic mass is 16.5. The number of benzene rings is 2. The summed E-state index contributed by atoms with van der Waals surface area (Å²) in [7, 11) is 0. The van der Waals surface area contributed by atoms with Crippen molar-refractivity contribution in [3.63, 3.8) is 0 Å². The van der Waals surface area contributed by atoms with E-state index >= 15 is 0 Å². The number of ether oxygens (including phenoxy) is 1. The highest BCUT2D eigenvalue weighted by Crippen LogP contribution is 2.26. The van der Waals surface area contributed by atoms with Crippen molar-refractivity contribution in [3.8, 4) is 11.5 Å². The van der Waals surface area contributed by atoms with Gasteiger partial charge in [-0.1, -0.05) is 12.1 Å². The van der Waals surface area contributed by atoms with Crippen LogP contribution in [0.2, 0.25) is 0 Å². The lowest BCUT2D eigenvalue weighted by Gasteiger charge is -2.09. The molecule has 0 aromatic heterocycles. The molecule has 0 saturated heterocycles. The summed E-state index contributed by atoms with van der Waals surface area (Å²) in [4.78, 5) is 0. The topological polar surface area (TPSA) is 55.5 Å². The standard InChI is InChI=1S/C14H15NO2/c1-10-8-12(15)4-7-14(10)17-13-5-2-11(9-16)3-6-13/h2-8,16H,9,15H2,1H3. The molecule has 0 bridgehead atoms. The lowest BCUT2D eigenvalue weighted by Crippen LogP contribution is -1.91. The Balaban J connectivity index is 2.19. The van der Waals surface area contributed by atoms with Gasteiger partial charge in [0.05, 0.1) is 6.61 Å². The molecule has 0 spiro atoms. The maximum absolute atomic E-state index is 8.94. The van der Waals surface area contributed by atoms with Gasteiger partial charge in [0.1, 0.15) is 11.5 Å². The quantitative estimate of drug-likeness (QED) is 0.796. The van der Waals surface area contributed by atoms with E-state index in [9.17, 15) is 0 Å². The fourth-order valence-electron chi connectivity index (χ4n) is 1.58. The molecule has 88 valence electrons. The van der Waals surface area contributed by atoms with Gasteiger partial charge in [-0.25, -0.2) is 0 Å². The van der Waals surface area contributed by atoms with Gasteiger partial charge in [-0.2, -0.15) is 0 Å². The summed E-state index contributed by atoms with van der Waals surface area (Å²) in [5.41, 5.74) is 8.27. The minimum Gasteiger partial charge on any atom is -0.457 e. The minimum absolute atomic E-state index is 0.0428. The number of aliphatic hydroxyl groups is 1. The van der Waals surface area contributed by atoms with Gasteiger partial charge in [-0.15, -0.1) is 0 Å². The van der Waals surface area contributed by atoms with Crippen LogP contribution in [-0.2, 0) is 6.61 Å². The van der Waals surface area contributed by atoms with Crippen molar-refractivity contribution in [3.05, 3.63) is 53.6 Å². The Morgan fingerprint density at radius 2 is 1.82 bits per heavy atom. The van der Waals surface area contributed by atoms with Crippen LogP contribution in [0.1, 0.15) is 11.1 Å². The second-order valence-electron chi connectivity index (χ2n) is 3.93. The molecule has 3 nitrogen and oxygen atoms in total. The van der Waals surface area contributed by atoms with Crippen molar-refractivity contribution >= 4 is 5.69 Å². The second-order valence-corrected chi connectivity index (χ2v) is 3.93. The Hall–Kier alpha value is -2.00. The lowest BCUT2D eigenvalue weighted by molar-refractivity contribution is 0.281. The molecule has 0 aliphatic carbocycles. The molecule has 2 aromatic carbocycles. The maximum atomic E-state index is 8.94. The van der Waals surface area contributed by atoms with Crippen molar-refractivity contribution in [1.29, 1.82) is 0 Å². The average Bonchev–Trinajstić information content (AvgIpc) is 2.34. The van der Waals surface area contributed by atoms with E-state index in [1.54, 1.807) is 0 Å². The number of aryl methyl sites for hydroxylation is 1. The third kappa shape index (κ3) is 2.77. The Labute approximate surface area is 100 Å². The van der Waals surface area contributed by atoms with Gasteiger partial charge >= 0.3 is 0 Å². The SMILES string of the molecule is Cc1cc(N)ccc1Oc1ccc(CO)cc1. The van der Waals surface area contributed by atoms with Crippen molar-refractivity contribution in [2.45, 2.75) is 13.5 Å². The summed E-state index contributed by atoms with van der Waals surface area (Å²) in [6, 6.07) is 12.9. The van der Waals surface area contributed by atoms with Crippen LogP contribution in [-0.4, -0.2) is 5.11 Å². The number of aliphatic hydroxyl groups excluding tert-OH is 1.